The second kappa shape index (κ2) is 12.8. The summed E-state index contributed by atoms with van der Waals surface area (Å²) in [6, 6.07) is 25.5. The summed E-state index contributed by atoms with van der Waals surface area (Å²) in [4.78, 5) is 33.1. The SMILES string of the molecule is CCCCc1nc2c(c(=O)n(C(C)OC)c(=O)n2C(C)c2ccccc2)n1Cc1ccc(-c2ccccc2-c2nn[nH]n2)cc1. The highest BCUT2D eigenvalue weighted by Crippen LogP contribution is 2.30. The Morgan fingerprint density at radius 3 is 2.27 bits per heavy atom. The van der Waals surface area contributed by atoms with Gasteiger partial charge in [0.2, 0.25) is 5.82 Å². The maximum Gasteiger partial charge on any atom is 0.335 e. The molecule has 2 unspecified atom stereocenters. The number of methoxy groups -OCH3 is 1. The third kappa shape index (κ3) is 5.62. The normalized spacial score (nSPS) is 12.9. The lowest BCUT2D eigenvalue weighted by molar-refractivity contribution is 0.0528. The molecule has 3 aromatic carbocycles. The number of aryl methyl sites for hydroxylation is 1. The molecule has 3 aromatic heterocycles. The third-order valence-corrected chi connectivity index (χ3v) is 8.34. The Balaban J connectivity index is 1.49. The van der Waals surface area contributed by atoms with Crippen molar-refractivity contribution in [3.63, 3.8) is 0 Å². The first-order chi connectivity index (χ1) is 21.9. The lowest BCUT2D eigenvalue weighted by atomic mass is 9.98. The van der Waals surface area contributed by atoms with E-state index in [1.165, 1.54) is 11.7 Å². The lowest BCUT2D eigenvalue weighted by Gasteiger charge is -2.20. The molecule has 11 nitrogen and oxygen atoms in total. The van der Waals surface area contributed by atoms with Gasteiger partial charge in [-0.3, -0.25) is 9.36 Å². The first-order valence-corrected chi connectivity index (χ1v) is 15.2. The van der Waals surface area contributed by atoms with E-state index in [0.29, 0.717) is 30.0 Å². The zero-order valence-corrected chi connectivity index (χ0v) is 25.8. The van der Waals surface area contributed by atoms with Gasteiger partial charge in [-0.25, -0.2) is 14.3 Å². The van der Waals surface area contributed by atoms with Gasteiger partial charge in [0.25, 0.3) is 5.56 Å². The van der Waals surface area contributed by atoms with Crippen LogP contribution >= 0.6 is 0 Å². The molecule has 0 amide bonds. The third-order valence-electron chi connectivity index (χ3n) is 8.34. The van der Waals surface area contributed by atoms with E-state index in [0.717, 1.165) is 46.5 Å². The van der Waals surface area contributed by atoms with Gasteiger partial charge < -0.3 is 9.30 Å². The van der Waals surface area contributed by atoms with Crippen molar-refractivity contribution >= 4 is 11.2 Å². The second-order valence-corrected chi connectivity index (χ2v) is 11.1. The van der Waals surface area contributed by atoms with E-state index in [1.54, 1.807) is 11.5 Å². The van der Waals surface area contributed by atoms with E-state index < -0.39 is 17.5 Å². The summed E-state index contributed by atoms with van der Waals surface area (Å²) in [7, 11) is 1.49. The van der Waals surface area contributed by atoms with Crippen LogP contribution in [-0.4, -0.2) is 46.4 Å². The van der Waals surface area contributed by atoms with Crippen LogP contribution in [0.5, 0.6) is 0 Å². The fourth-order valence-corrected chi connectivity index (χ4v) is 5.80. The minimum atomic E-state index is -0.760. The van der Waals surface area contributed by atoms with Crippen molar-refractivity contribution in [2.24, 2.45) is 0 Å². The lowest BCUT2D eigenvalue weighted by Crippen LogP contribution is -2.43. The molecule has 2 atom stereocenters. The van der Waals surface area contributed by atoms with E-state index in [1.807, 2.05) is 66.1 Å². The van der Waals surface area contributed by atoms with Gasteiger partial charge >= 0.3 is 5.69 Å². The van der Waals surface area contributed by atoms with Crippen LogP contribution in [0.3, 0.4) is 0 Å². The molecule has 1 N–H and O–H groups in total. The van der Waals surface area contributed by atoms with Crippen LogP contribution in [0.25, 0.3) is 33.7 Å². The van der Waals surface area contributed by atoms with Crippen molar-refractivity contribution in [1.29, 1.82) is 0 Å². The molecule has 0 saturated heterocycles. The van der Waals surface area contributed by atoms with Crippen molar-refractivity contribution in [3.05, 3.63) is 117 Å². The monoisotopic (exact) mass is 604 g/mol. The zero-order chi connectivity index (χ0) is 31.5. The number of nitrogens with zero attached hydrogens (tertiary/aromatic N) is 7. The highest BCUT2D eigenvalue weighted by Gasteiger charge is 2.26. The van der Waals surface area contributed by atoms with Gasteiger partial charge in [0.05, 0.1) is 6.04 Å². The summed E-state index contributed by atoms with van der Waals surface area (Å²) in [5.41, 5.74) is 4.71. The molecular formula is C34H36N8O3. The molecule has 11 heteroatoms. The maximum atomic E-state index is 14.1. The Kier molecular flexibility index (Phi) is 8.52. The number of hydrogen-bond acceptors (Lipinski definition) is 7. The molecular weight excluding hydrogens is 568 g/mol. The van der Waals surface area contributed by atoms with Gasteiger partial charge in [-0.2, -0.15) is 5.21 Å². The summed E-state index contributed by atoms with van der Waals surface area (Å²) in [6.07, 6.45) is 1.78. The summed E-state index contributed by atoms with van der Waals surface area (Å²) in [5, 5.41) is 14.6. The van der Waals surface area contributed by atoms with E-state index in [2.05, 4.69) is 51.8 Å². The number of aromatic nitrogens is 8. The molecule has 0 aliphatic rings. The number of hydrogen-bond donors (Lipinski definition) is 1. The molecule has 0 radical (unpaired) electrons. The van der Waals surface area contributed by atoms with Gasteiger partial charge in [-0.05, 0) is 47.7 Å². The molecule has 0 spiro atoms. The Morgan fingerprint density at radius 1 is 0.889 bits per heavy atom. The van der Waals surface area contributed by atoms with Crippen LogP contribution < -0.4 is 11.2 Å². The number of unbranched alkanes of at least 4 members (excludes halogenated alkanes) is 1. The molecule has 45 heavy (non-hydrogen) atoms. The van der Waals surface area contributed by atoms with E-state index in [4.69, 9.17) is 9.72 Å². The van der Waals surface area contributed by atoms with Gasteiger partial charge in [0.1, 0.15) is 12.1 Å². The van der Waals surface area contributed by atoms with Gasteiger partial charge in [-0.1, -0.05) is 92.2 Å². The second-order valence-electron chi connectivity index (χ2n) is 11.1. The maximum absolute atomic E-state index is 14.1. The predicted octanol–water partition coefficient (Wildman–Crippen LogP) is 5.37. The molecule has 230 valence electrons. The number of imidazole rings is 1. The molecule has 0 bridgehead atoms. The number of rotatable bonds is 11. The highest BCUT2D eigenvalue weighted by molar-refractivity contribution is 5.80. The average Bonchev–Trinajstić information content (AvgIpc) is 3.73. The summed E-state index contributed by atoms with van der Waals surface area (Å²) >= 11 is 0. The molecule has 0 aliphatic heterocycles. The van der Waals surface area contributed by atoms with Crippen molar-refractivity contribution in [2.75, 3.05) is 7.11 Å². The fraction of sp³-hybridized carbons (Fsp3) is 0.294. The van der Waals surface area contributed by atoms with Crippen LogP contribution in [-0.2, 0) is 17.7 Å². The largest absolute Gasteiger partial charge is 0.361 e. The number of tetrazole rings is 1. The van der Waals surface area contributed by atoms with Crippen molar-refractivity contribution < 1.29 is 4.74 Å². The van der Waals surface area contributed by atoms with Gasteiger partial charge in [0, 0.05) is 25.6 Å². The highest BCUT2D eigenvalue weighted by atomic mass is 16.5. The molecule has 0 aliphatic carbocycles. The number of benzene rings is 3. The van der Waals surface area contributed by atoms with Crippen molar-refractivity contribution in [1.82, 2.24) is 39.3 Å². The summed E-state index contributed by atoms with van der Waals surface area (Å²) in [5.74, 6) is 1.30. The molecule has 6 rings (SSSR count). The standard InChI is InChI=1S/C34H36N8O3/c1-5-6-16-29-35-32-30(33(43)42(23(3)45-4)34(44)41(32)22(2)25-12-8-7-9-13-25)40(29)21-24-17-19-26(20-18-24)27-14-10-11-15-28(27)31-36-38-39-37-31/h7-15,17-20,22-23H,5-6,16,21H2,1-4H3,(H,36,37,38,39). The first-order valence-electron chi connectivity index (χ1n) is 15.2. The number of fused-ring (bicyclic) bond motifs is 1. The molecule has 3 heterocycles. The van der Waals surface area contributed by atoms with Gasteiger partial charge in [0.15, 0.2) is 11.2 Å². The Morgan fingerprint density at radius 2 is 1.60 bits per heavy atom. The first kappa shape index (κ1) is 29.9. The van der Waals surface area contributed by atoms with Crippen LogP contribution in [0.15, 0.2) is 88.5 Å². The Labute approximate surface area is 260 Å². The van der Waals surface area contributed by atoms with E-state index >= 15 is 0 Å². The fourth-order valence-electron chi connectivity index (χ4n) is 5.80. The number of nitrogens with one attached hydrogen (secondary N) is 1. The molecule has 6 aromatic rings. The van der Waals surface area contributed by atoms with Crippen LogP contribution in [0.1, 0.15) is 62.8 Å². The minimum Gasteiger partial charge on any atom is -0.361 e. The molecule has 0 fully saturated rings. The minimum absolute atomic E-state index is 0.363. The number of aromatic amines is 1. The number of H-pyrrole nitrogens is 1. The quantitative estimate of drug-likeness (QED) is 0.211. The zero-order valence-electron chi connectivity index (χ0n) is 25.8. The predicted molar refractivity (Wildman–Crippen MR) is 173 cm³/mol. The Bertz CT molecular complexity index is 2030. The van der Waals surface area contributed by atoms with Crippen molar-refractivity contribution in [3.8, 4) is 22.5 Å². The van der Waals surface area contributed by atoms with E-state index in [9.17, 15) is 9.59 Å². The number of ether oxygens (including phenoxy) is 1. The van der Waals surface area contributed by atoms with Crippen LogP contribution in [0.2, 0.25) is 0 Å². The summed E-state index contributed by atoms with van der Waals surface area (Å²) < 4.78 is 10.3. The van der Waals surface area contributed by atoms with Crippen LogP contribution in [0.4, 0.5) is 0 Å². The topological polar surface area (TPSA) is 126 Å². The van der Waals surface area contributed by atoms with Crippen LogP contribution in [0, 0.1) is 0 Å². The van der Waals surface area contributed by atoms with Gasteiger partial charge in [-0.15, -0.1) is 10.2 Å². The average molecular weight is 605 g/mol. The van der Waals surface area contributed by atoms with Crippen molar-refractivity contribution in [2.45, 2.75) is 58.8 Å². The van der Waals surface area contributed by atoms with E-state index in [-0.39, 0.29) is 6.04 Å². The smallest absolute Gasteiger partial charge is 0.335 e. The Hall–Kier alpha value is -5.16. The molecule has 0 saturated carbocycles. The summed E-state index contributed by atoms with van der Waals surface area (Å²) in [6.45, 7) is 6.20.